The predicted molar refractivity (Wildman–Crippen MR) is 66.0 cm³/mol. The van der Waals surface area contributed by atoms with Crippen LogP contribution in [0.2, 0.25) is 0 Å². The van der Waals surface area contributed by atoms with E-state index in [1.165, 1.54) is 18.9 Å². The summed E-state index contributed by atoms with van der Waals surface area (Å²) in [5.41, 5.74) is 7.46. The molecule has 1 aliphatic carbocycles. The van der Waals surface area contributed by atoms with Crippen LogP contribution in [0.15, 0.2) is 18.2 Å². The van der Waals surface area contributed by atoms with E-state index in [2.05, 4.69) is 18.7 Å². The summed E-state index contributed by atoms with van der Waals surface area (Å²) in [6, 6.07) is 5.18. The first kappa shape index (κ1) is 11.2. The lowest BCUT2D eigenvalue weighted by molar-refractivity contribution is 0.600. The van der Waals surface area contributed by atoms with Crippen LogP contribution in [0.1, 0.15) is 26.7 Å². The van der Waals surface area contributed by atoms with Crippen molar-refractivity contribution in [1.82, 2.24) is 0 Å². The van der Waals surface area contributed by atoms with E-state index in [0.717, 1.165) is 12.2 Å². The van der Waals surface area contributed by atoms with Gasteiger partial charge < -0.3 is 10.6 Å². The fourth-order valence-corrected chi connectivity index (χ4v) is 1.99. The summed E-state index contributed by atoms with van der Waals surface area (Å²) in [6.07, 6.45) is 2.39. The molecule has 1 aromatic carbocycles. The molecule has 0 saturated heterocycles. The van der Waals surface area contributed by atoms with Gasteiger partial charge in [0.15, 0.2) is 0 Å². The minimum absolute atomic E-state index is 0.210. The van der Waals surface area contributed by atoms with Crippen LogP contribution in [0.3, 0.4) is 0 Å². The first-order valence-corrected chi connectivity index (χ1v) is 5.89. The van der Waals surface area contributed by atoms with Crippen LogP contribution in [0, 0.1) is 11.7 Å². The third-order valence-electron chi connectivity index (χ3n) is 2.85. The van der Waals surface area contributed by atoms with Crippen LogP contribution in [0.5, 0.6) is 0 Å². The van der Waals surface area contributed by atoms with Gasteiger partial charge in [-0.3, -0.25) is 0 Å². The Labute approximate surface area is 96.2 Å². The lowest BCUT2D eigenvalue weighted by Crippen LogP contribution is -2.30. The molecule has 1 fully saturated rings. The molecular formula is C13H19FN2. The van der Waals surface area contributed by atoms with Crippen LogP contribution in [-0.2, 0) is 0 Å². The topological polar surface area (TPSA) is 29.3 Å². The van der Waals surface area contributed by atoms with Crippen molar-refractivity contribution in [3.8, 4) is 0 Å². The summed E-state index contributed by atoms with van der Waals surface area (Å²) in [6.45, 7) is 5.29. The number of benzene rings is 1. The van der Waals surface area contributed by atoms with Gasteiger partial charge in [0, 0.05) is 12.6 Å². The molecule has 1 saturated carbocycles. The number of nitrogens with two attached hydrogens (primary N) is 1. The summed E-state index contributed by atoms with van der Waals surface area (Å²) in [7, 11) is 0. The van der Waals surface area contributed by atoms with Gasteiger partial charge in [-0.2, -0.15) is 0 Å². The van der Waals surface area contributed by atoms with Crippen LogP contribution < -0.4 is 10.6 Å². The van der Waals surface area contributed by atoms with Crippen molar-refractivity contribution in [1.29, 1.82) is 0 Å². The lowest BCUT2D eigenvalue weighted by atomic mass is 10.1. The molecule has 0 aliphatic heterocycles. The van der Waals surface area contributed by atoms with E-state index >= 15 is 0 Å². The van der Waals surface area contributed by atoms with E-state index in [0.29, 0.717) is 17.6 Å². The third kappa shape index (κ3) is 2.46. The summed E-state index contributed by atoms with van der Waals surface area (Å²) < 4.78 is 13.2. The van der Waals surface area contributed by atoms with Crippen molar-refractivity contribution >= 4 is 11.4 Å². The van der Waals surface area contributed by atoms with E-state index in [1.54, 1.807) is 12.1 Å². The molecule has 0 bridgehead atoms. The molecule has 0 unspecified atom stereocenters. The molecule has 0 spiro atoms. The molecule has 0 amide bonds. The maximum atomic E-state index is 13.2. The van der Waals surface area contributed by atoms with Crippen LogP contribution >= 0.6 is 0 Å². The van der Waals surface area contributed by atoms with Crippen molar-refractivity contribution in [2.75, 3.05) is 17.2 Å². The molecule has 2 N–H and O–H groups in total. The summed E-state index contributed by atoms with van der Waals surface area (Å²) in [5.74, 6) is 0.349. The Morgan fingerprint density at radius 1 is 1.44 bits per heavy atom. The van der Waals surface area contributed by atoms with E-state index in [9.17, 15) is 4.39 Å². The maximum Gasteiger partial charge on any atom is 0.125 e. The summed E-state index contributed by atoms with van der Waals surface area (Å²) >= 11 is 0. The zero-order chi connectivity index (χ0) is 11.7. The molecular weight excluding hydrogens is 203 g/mol. The molecule has 1 aromatic rings. The number of hydrogen-bond acceptors (Lipinski definition) is 2. The van der Waals surface area contributed by atoms with Crippen molar-refractivity contribution in [3.05, 3.63) is 24.0 Å². The first-order valence-electron chi connectivity index (χ1n) is 5.89. The normalized spacial score (nSPS) is 15.5. The van der Waals surface area contributed by atoms with E-state index in [-0.39, 0.29) is 5.82 Å². The molecule has 0 atom stereocenters. The Hall–Kier alpha value is -1.25. The highest BCUT2D eigenvalue weighted by Crippen LogP contribution is 2.35. The fourth-order valence-electron chi connectivity index (χ4n) is 1.99. The molecule has 16 heavy (non-hydrogen) atoms. The van der Waals surface area contributed by atoms with Gasteiger partial charge in [-0.25, -0.2) is 4.39 Å². The smallest absolute Gasteiger partial charge is 0.125 e. The average molecular weight is 222 g/mol. The lowest BCUT2D eigenvalue weighted by Gasteiger charge is -2.27. The van der Waals surface area contributed by atoms with E-state index in [4.69, 9.17) is 5.73 Å². The van der Waals surface area contributed by atoms with Gasteiger partial charge in [0.05, 0.1) is 11.4 Å². The zero-order valence-electron chi connectivity index (χ0n) is 9.91. The highest BCUT2D eigenvalue weighted by molar-refractivity contribution is 5.68. The average Bonchev–Trinajstić information content (AvgIpc) is 3.02. The van der Waals surface area contributed by atoms with Gasteiger partial charge in [-0.05, 0) is 37.0 Å². The number of rotatable bonds is 4. The summed E-state index contributed by atoms with van der Waals surface area (Å²) in [4.78, 5) is 2.25. The fraction of sp³-hybridized carbons (Fsp3) is 0.538. The highest BCUT2D eigenvalue weighted by Gasteiger charge is 2.30. The minimum atomic E-state index is -0.210. The SMILES string of the molecule is CC(C)CN(c1cc(F)ccc1N)C1CC1. The molecule has 0 aromatic heterocycles. The minimum Gasteiger partial charge on any atom is -0.397 e. The summed E-state index contributed by atoms with van der Waals surface area (Å²) in [5, 5.41) is 0. The second-order valence-electron chi connectivity index (χ2n) is 4.98. The number of nitrogen functional groups attached to an aromatic ring is 1. The molecule has 3 heteroatoms. The first-order chi connectivity index (χ1) is 7.58. The number of nitrogens with zero attached hydrogens (tertiary/aromatic N) is 1. The van der Waals surface area contributed by atoms with Gasteiger partial charge in [-0.15, -0.1) is 0 Å². The van der Waals surface area contributed by atoms with Gasteiger partial charge in [0.2, 0.25) is 0 Å². The van der Waals surface area contributed by atoms with Crippen LogP contribution in [-0.4, -0.2) is 12.6 Å². The second-order valence-corrected chi connectivity index (χ2v) is 4.98. The van der Waals surface area contributed by atoms with Gasteiger partial charge in [-0.1, -0.05) is 13.8 Å². The molecule has 1 aliphatic rings. The standard InChI is InChI=1S/C13H19FN2/c1-9(2)8-16(11-4-5-11)13-7-10(14)3-6-12(13)15/h3,6-7,9,11H,4-5,8,15H2,1-2H3. The third-order valence-corrected chi connectivity index (χ3v) is 2.85. The zero-order valence-corrected chi connectivity index (χ0v) is 9.91. The monoisotopic (exact) mass is 222 g/mol. The van der Waals surface area contributed by atoms with Gasteiger partial charge in [0.25, 0.3) is 0 Å². The van der Waals surface area contributed by atoms with Gasteiger partial charge >= 0.3 is 0 Å². The van der Waals surface area contributed by atoms with Crippen molar-refractivity contribution in [2.24, 2.45) is 5.92 Å². The molecule has 88 valence electrons. The van der Waals surface area contributed by atoms with E-state index < -0.39 is 0 Å². The largest absolute Gasteiger partial charge is 0.397 e. The predicted octanol–water partition coefficient (Wildman–Crippen LogP) is 3.03. The van der Waals surface area contributed by atoms with Crippen molar-refractivity contribution < 1.29 is 4.39 Å². The Morgan fingerprint density at radius 2 is 2.12 bits per heavy atom. The second kappa shape index (κ2) is 4.32. The van der Waals surface area contributed by atoms with Crippen LogP contribution in [0.25, 0.3) is 0 Å². The molecule has 2 rings (SSSR count). The molecule has 0 heterocycles. The number of hydrogen-bond donors (Lipinski definition) is 1. The Bertz CT molecular complexity index is 372. The highest BCUT2D eigenvalue weighted by atomic mass is 19.1. The Morgan fingerprint density at radius 3 is 2.69 bits per heavy atom. The van der Waals surface area contributed by atoms with Crippen LogP contribution in [0.4, 0.5) is 15.8 Å². The Balaban J connectivity index is 2.26. The quantitative estimate of drug-likeness (QED) is 0.793. The molecule has 0 radical (unpaired) electrons. The number of halogens is 1. The maximum absolute atomic E-state index is 13.2. The van der Waals surface area contributed by atoms with Crippen molar-refractivity contribution in [3.63, 3.8) is 0 Å². The Kier molecular flexibility index (Phi) is 3.03. The van der Waals surface area contributed by atoms with E-state index in [1.807, 2.05) is 0 Å². The van der Waals surface area contributed by atoms with Crippen molar-refractivity contribution in [2.45, 2.75) is 32.7 Å². The number of anilines is 2. The molecule has 2 nitrogen and oxygen atoms in total. The van der Waals surface area contributed by atoms with Gasteiger partial charge in [0.1, 0.15) is 5.82 Å².